The molecule has 0 bridgehead atoms. The molecule has 1 unspecified atom stereocenters. The second-order valence-corrected chi connectivity index (χ2v) is 9.67. The Bertz CT molecular complexity index is 196. The van der Waals surface area contributed by atoms with Gasteiger partial charge in [0, 0.05) is 19.4 Å². The molecule has 0 aromatic heterocycles. The predicted octanol–water partition coefficient (Wildman–Crippen LogP) is 2.67. The van der Waals surface area contributed by atoms with Gasteiger partial charge in [-0.1, -0.05) is 33.0 Å². The molecular formula is C10H22N2Si. The molecule has 76 valence electrons. The van der Waals surface area contributed by atoms with Crippen LogP contribution < -0.4 is 0 Å². The first kappa shape index (κ1) is 10.6. The van der Waals surface area contributed by atoms with Crippen LogP contribution in [0.3, 0.4) is 0 Å². The van der Waals surface area contributed by atoms with E-state index in [-0.39, 0.29) is 0 Å². The Morgan fingerprint density at radius 3 is 2.31 bits per heavy atom. The second kappa shape index (κ2) is 3.74. The third-order valence-corrected chi connectivity index (χ3v) is 4.57. The van der Waals surface area contributed by atoms with Crippen LogP contribution in [-0.2, 0) is 0 Å². The average molecular weight is 198 g/mol. The highest BCUT2D eigenvalue weighted by Crippen LogP contribution is 2.24. The summed E-state index contributed by atoms with van der Waals surface area (Å²) in [5, 5.41) is 0. The largest absolute Gasteiger partial charge is 0.384 e. The van der Waals surface area contributed by atoms with E-state index in [1.807, 2.05) is 0 Å². The van der Waals surface area contributed by atoms with Crippen molar-refractivity contribution in [1.29, 1.82) is 0 Å². The minimum absolute atomic E-state index is 0.622. The van der Waals surface area contributed by atoms with Crippen LogP contribution in [0.1, 0.15) is 19.8 Å². The molecule has 0 aromatic rings. The average Bonchev–Trinajstić information content (AvgIpc) is 2.32. The molecule has 1 aliphatic heterocycles. The number of hydrogen-bond donors (Lipinski definition) is 0. The molecule has 1 heterocycles. The van der Waals surface area contributed by atoms with Crippen LogP contribution in [-0.4, -0.2) is 30.9 Å². The van der Waals surface area contributed by atoms with Crippen LogP contribution in [0, 0.1) is 0 Å². The molecule has 1 rings (SSSR count). The molecule has 1 aliphatic rings. The Morgan fingerprint density at radius 2 is 1.85 bits per heavy atom. The SMILES string of the molecule is CCCC1N(C)C=CN1[Si](C)(C)C. The Balaban J connectivity index is 2.69. The third-order valence-electron chi connectivity index (χ3n) is 2.58. The summed E-state index contributed by atoms with van der Waals surface area (Å²) in [7, 11) is 1.02. The van der Waals surface area contributed by atoms with Gasteiger partial charge in [0.15, 0.2) is 0 Å². The maximum atomic E-state index is 2.58. The van der Waals surface area contributed by atoms with E-state index in [1.165, 1.54) is 12.8 Å². The van der Waals surface area contributed by atoms with Crippen LogP contribution in [0.4, 0.5) is 0 Å². The van der Waals surface area contributed by atoms with Crippen molar-refractivity contribution < 1.29 is 0 Å². The van der Waals surface area contributed by atoms with Crippen molar-refractivity contribution in [2.45, 2.75) is 45.6 Å². The third kappa shape index (κ3) is 2.27. The first-order valence-corrected chi connectivity index (χ1v) is 8.60. The molecule has 0 N–H and O–H groups in total. The fraction of sp³-hybridized carbons (Fsp3) is 0.800. The molecule has 1 atom stereocenters. The fourth-order valence-corrected chi connectivity index (χ4v) is 3.56. The Kier molecular flexibility index (Phi) is 3.06. The van der Waals surface area contributed by atoms with Crippen LogP contribution in [0.5, 0.6) is 0 Å². The molecule has 0 saturated carbocycles. The highest BCUT2D eigenvalue weighted by atomic mass is 28.3. The van der Waals surface area contributed by atoms with Crippen molar-refractivity contribution in [3.05, 3.63) is 12.4 Å². The summed E-state index contributed by atoms with van der Waals surface area (Å²) < 4.78 is 2.58. The highest BCUT2D eigenvalue weighted by molar-refractivity contribution is 6.73. The van der Waals surface area contributed by atoms with Gasteiger partial charge in [-0.15, -0.1) is 0 Å². The van der Waals surface area contributed by atoms with Crippen molar-refractivity contribution in [2.75, 3.05) is 7.05 Å². The first-order chi connectivity index (χ1) is 5.96. The summed E-state index contributed by atoms with van der Waals surface area (Å²) in [6, 6.07) is 0. The van der Waals surface area contributed by atoms with Crippen LogP contribution >= 0.6 is 0 Å². The molecule has 2 nitrogen and oxygen atoms in total. The van der Waals surface area contributed by atoms with E-state index in [1.54, 1.807) is 0 Å². The zero-order chi connectivity index (χ0) is 10.1. The van der Waals surface area contributed by atoms with E-state index in [2.05, 4.69) is 55.5 Å². The van der Waals surface area contributed by atoms with Gasteiger partial charge >= 0.3 is 0 Å². The summed E-state index contributed by atoms with van der Waals surface area (Å²) >= 11 is 0. The topological polar surface area (TPSA) is 6.48 Å². The van der Waals surface area contributed by atoms with E-state index in [4.69, 9.17) is 0 Å². The maximum Gasteiger partial charge on any atom is 0.149 e. The molecule has 0 aliphatic carbocycles. The maximum absolute atomic E-state index is 2.58. The number of hydrogen-bond acceptors (Lipinski definition) is 2. The van der Waals surface area contributed by atoms with Gasteiger partial charge in [-0.3, -0.25) is 0 Å². The van der Waals surface area contributed by atoms with Gasteiger partial charge < -0.3 is 9.47 Å². The van der Waals surface area contributed by atoms with E-state index in [0.29, 0.717) is 6.17 Å². The van der Waals surface area contributed by atoms with E-state index < -0.39 is 8.24 Å². The zero-order valence-electron chi connectivity index (χ0n) is 9.54. The minimum atomic E-state index is -1.16. The molecule has 0 saturated heterocycles. The lowest BCUT2D eigenvalue weighted by Crippen LogP contribution is -2.50. The van der Waals surface area contributed by atoms with Crippen molar-refractivity contribution in [3.8, 4) is 0 Å². The zero-order valence-corrected chi connectivity index (χ0v) is 10.5. The smallest absolute Gasteiger partial charge is 0.149 e. The van der Waals surface area contributed by atoms with Gasteiger partial charge in [-0.25, -0.2) is 0 Å². The lowest BCUT2D eigenvalue weighted by atomic mass is 10.3. The fourth-order valence-electron chi connectivity index (χ4n) is 1.84. The summed E-state index contributed by atoms with van der Waals surface area (Å²) in [4.78, 5) is 2.34. The molecule has 3 heteroatoms. The summed E-state index contributed by atoms with van der Waals surface area (Å²) in [5.74, 6) is 0. The quantitative estimate of drug-likeness (QED) is 0.643. The van der Waals surface area contributed by atoms with E-state index in [0.717, 1.165) is 0 Å². The van der Waals surface area contributed by atoms with Gasteiger partial charge in [0.1, 0.15) is 8.24 Å². The Morgan fingerprint density at radius 1 is 1.23 bits per heavy atom. The monoisotopic (exact) mass is 198 g/mol. The van der Waals surface area contributed by atoms with E-state index >= 15 is 0 Å². The lowest BCUT2D eigenvalue weighted by molar-refractivity contribution is 0.229. The van der Waals surface area contributed by atoms with Crippen molar-refractivity contribution >= 4 is 8.24 Å². The van der Waals surface area contributed by atoms with E-state index in [9.17, 15) is 0 Å². The van der Waals surface area contributed by atoms with Gasteiger partial charge in [-0.05, 0) is 6.42 Å². The van der Waals surface area contributed by atoms with Crippen LogP contribution in [0.15, 0.2) is 12.4 Å². The van der Waals surface area contributed by atoms with Crippen LogP contribution in [0.2, 0.25) is 19.6 Å². The molecular weight excluding hydrogens is 176 g/mol. The Labute approximate surface area is 83.3 Å². The lowest BCUT2D eigenvalue weighted by Gasteiger charge is -2.38. The van der Waals surface area contributed by atoms with Gasteiger partial charge in [0.25, 0.3) is 0 Å². The van der Waals surface area contributed by atoms with Crippen molar-refractivity contribution in [3.63, 3.8) is 0 Å². The normalized spacial score (nSPS) is 23.0. The summed E-state index contributed by atoms with van der Waals surface area (Å²) in [5.41, 5.74) is 0. The van der Waals surface area contributed by atoms with Crippen molar-refractivity contribution in [2.24, 2.45) is 0 Å². The molecule has 0 spiro atoms. The van der Waals surface area contributed by atoms with Crippen molar-refractivity contribution in [1.82, 2.24) is 9.47 Å². The number of rotatable bonds is 3. The summed E-state index contributed by atoms with van der Waals surface area (Å²) in [6.07, 6.45) is 7.63. The summed E-state index contributed by atoms with van der Waals surface area (Å²) in [6.45, 7) is 9.46. The van der Waals surface area contributed by atoms with Gasteiger partial charge in [0.2, 0.25) is 0 Å². The molecule has 0 amide bonds. The minimum Gasteiger partial charge on any atom is -0.384 e. The molecule has 0 aromatic carbocycles. The Hall–Kier alpha value is -0.443. The van der Waals surface area contributed by atoms with Gasteiger partial charge in [-0.2, -0.15) is 0 Å². The standard InChI is InChI=1S/C10H22N2Si/c1-6-7-10-11(2)8-9-12(10)13(3,4)5/h8-10H,6-7H2,1-5H3. The van der Waals surface area contributed by atoms with Gasteiger partial charge in [0.05, 0.1) is 6.17 Å². The predicted molar refractivity (Wildman–Crippen MR) is 60.8 cm³/mol. The highest BCUT2D eigenvalue weighted by Gasteiger charge is 2.32. The number of nitrogens with zero attached hydrogens (tertiary/aromatic N) is 2. The molecule has 0 radical (unpaired) electrons. The van der Waals surface area contributed by atoms with Crippen LogP contribution in [0.25, 0.3) is 0 Å². The second-order valence-electron chi connectivity index (χ2n) is 4.81. The molecule has 13 heavy (non-hydrogen) atoms. The molecule has 0 fully saturated rings. The first-order valence-electron chi connectivity index (χ1n) is 5.15.